The van der Waals surface area contributed by atoms with Gasteiger partial charge in [-0.05, 0) is 30.0 Å². The van der Waals surface area contributed by atoms with E-state index >= 15 is 0 Å². The van der Waals surface area contributed by atoms with Crippen molar-refractivity contribution in [2.45, 2.75) is 12.1 Å². The third kappa shape index (κ3) is 4.96. The van der Waals surface area contributed by atoms with E-state index in [-0.39, 0.29) is 22.2 Å². The van der Waals surface area contributed by atoms with Crippen LogP contribution < -0.4 is 5.43 Å². The predicted octanol–water partition coefficient (Wildman–Crippen LogP) is 4.95. The van der Waals surface area contributed by atoms with Crippen molar-refractivity contribution in [1.82, 2.24) is 14.8 Å². The number of thioether (sulfide) groups is 1. The van der Waals surface area contributed by atoms with E-state index < -0.39 is 4.92 Å². The first kappa shape index (κ1) is 21.9. The zero-order valence-corrected chi connectivity index (χ0v) is 18.3. The number of anilines is 1. The molecule has 33 heavy (non-hydrogen) atoms. The second kappa shape index (κ2) is 9.88. The number of nitro groups is 1. The number of carbonyl (C=O) groups is 1. The summed E-state index contributed by atoms with van der Waals surface area (Å²) < 4.78 is 1.84. The maximum atomic E-state index is 12.3. The number of ketones is 1. The number of rotatable bonds is 7. The molecule has 0 fully saturated rings. The quantitative estimate of drug-likeness (QED) is 0.137. The minimum absolute atomic E-state index is 0.0809. The molecule has 0 unspecified atom stereocenters. The largest absolute Gasteiger partial charge is 0.294 e. The molecule has 9 nitrogen and oxygen atoms in total. The molecule has 0 bridgehead atoms. The second-order valence-electron chi connectivity index (χ2n) is 6.80. The van der Waals surface area contributed by atoms with Crippen LogP contribution in [-0.2, 0) is 4.79 Å². The predicted molar refractivity (Wildman–Crippen MR) is 127 cm³/mol. The molecule has 0 amide bonds. The average Bonchev–Trinajstić information content (AvgIpc) is 3.26. The fraction of sp³-hybridized carbons (Fsp3) is 0.0435. The number of nitrogens with one attached hydrogen (secondary N) is 1. The van der Waals surface area contributed by atoms with Gasteiger partial charge in [-0.1, -0.05) is 60.7 Å². The number of aromatic nitrogens is 3. The van der Waals surface area contributed by atoms with Crippen molar-refractivity contribution in [3.05, 3.63) is 95.0 Å². The number of Topliss-reactive ketones (excluding diaryl/α,β-unsaturated/α-hetero) is 1. The second-order valence-corrected chi connectivity index (χ2v) is 7.76. The highest BCUT2D eigenvalue weighted by molar-refractivity contribution is 8.15. The van der Waals surface area contributed by atoms with Gasteiger partial charge < -0.3 is 0 Å². The van der Waals surface area contributed by atoms with Gasteiger partial charge in [-0.25, -0.2) is 0 Å². The maximum absolute atomic E-state index is 12.3. The van der Waals surface area contributed by atoms with Gasteiger partial charge in [0.1, 0.15) is 5.69 Å². The molecule has 0 aliphatic rings. The topological polar surface area (TPSA) is 115 Å². The van der Waals surface area contributed by atoms with Gasteiger partial charge in [0.25, 0.3) is 5.69 Å². The van der Waals surface area contributed by atoms with E-state index in [1.165, 1.54) is 19.1 Å². The smallest absolute Gasteiger partial charge is 0.292 e. The Morgan fingerprint density at radius 1 is 0.970 bits per heavy atom. The van der Waals surface area contributed by atoms with Crippen LogP contribution in [0, 0.1) is 10.1 Å². The molecule has 1 aromatic heterocycles. The third-order valence-corrected chi connectivity index (χ3v) is 5.57. The summed E-state index contributed by atoms with van der Waals surface area (Å²) in [7, 11) is 0. The fourth-order valence-electron chi connectivity index (χ4n) is 3.02. The van der Waals surface area contributed by atoms with Gasteiger partial charge in [-0.3, -0.25) is 24.9 Å². The molecule has 0 spiro atoms. The van der Waals surface area contributed by atoms with Gasteiger partial charge in [-0.2, -0.15) is 5.10 Å². The highest BCUT2D eigenvalue weighted by Crippen LogP contribution is 2.29. The number of hydrogen-bond donors (Lipinski definition) is 1. The highest BCUT2D eigenvalue weighted by Gasteiger charge is 2.20. The van der Waals surface area contributed by atoms with Crippen molar-refractivity contribution in [2.75, 3.05) is 5.43 Å². The lowest BCUT2D eigenvalue weighted by Crippen LogP contribution is -2.10. The van der Waals surface area contributed by atoms with E-state index in [0.717, 1.165) is 23.0 Å². The summed E-state index contributed by atoms with van der Waals surface area (Å²) in [5.74, 6) is 0.286. The van der Waals surface area contributed by atoms with Crippen LogP contribution in [0.3, 0.4) is 0 Å². The molecule has 1 heterocycles. The average molecular weight is 459 g/mol. The van der Waals surface area contributed by atoms with Crippen LogP contribution in [0.25, 0.3) is 17.1 Å². The van der Waals surface area contributed by atoms with Gasteiger partial charge >= 0.3 is 0 Å². The number of para-hydroxylation sites is 3. The van der Waals surface area contributed by atoms with Crippen molar-refractivity contribution in [3.63, 3.8) is 0 Å². The summed E-state index contributed by atoms with van der Waals surface area (Å²) in [6.45, 7) is 1.37. The van der Waals surface area contributed by atoms with Crippen LogP contribution in [0.4, 0.5) is 11.4 Å². The molecule has 0 atom stereocenters. The molecular weight excluding hydrogens is 440 g/mol. The van der Waals surface area contributed by atoms with Gasteiger partial charge in [0.05, 0.1) is 4.92 Å². The molecule has 0 saturated carbocycles. The molecule has 1 N–H and O–H groups in total. The number of nitro benzene ring substituents is 1. The first-order valence-corrected chi connectivity index (χ1v) is 10.7. The van der Waals surface area contributed by atoms with E-state index in [1.807, 2.05) is 65.2 Å². The lowest BCUT2D eigenvalue weighted by Gasteiger charge is -2.10. The van der Waals surface area contributed by atoms with Crippen LogP contribution in [0.5, 0.6) is 0 Å². The summed E-state index contributed by atoms with van der Waals surface area (Å²) in [5, 5.41) is 24.6. The van der Waals surface area contributed by atoms with Crippen LogP contribution in [0.1, 0.15) is 6.92 Å². The van der Waals surface area contributed by atoms with Crippen molar-refractivity contribution in [3.8, 4) is 17.1 Å². The van der Waals surface area contributed by atoms with E-state index in [9.17, 15) is 14.9 Å². The standard InChI is InChI=1S/C23H18N6O3S/c1-16(30)22(26-24-19-14-8-9-15-20(19)29(31)32)33-23-27-25-21(17-10-4-2-5-11-17)28(23)18-12-6-3-7-13-18/h2-15,24H,1H3/b26-22+. The van der Waals surface area contributed by atoms with Crippen molar-refractivity contribution in [2.24, 2.45) is 5.10 Å². The number of nitrogens with zero attached hydrogens (tertiary/aromatic N) is 5. The zero-order valence-electron chi connectivity index (χ0n) is 17.5. The fourth-order valence-corrected chi connectivity index (χ4v) is 3.79. The maximum Gasteiger partial charge on any atom is 0.294 e. The van der Waals surface area contributed by atoms with Gasteiger partial charge in [0.2, 0.25) is 5.16 Å². The number of hydrazone groups is 1. The minimum Gasteiger partial charge on any atom is -0.292 e. The Morgan fingerprint density at radius 3 is 2.27 bits per heavy atom. The number of carbonyl (C=O) groups excluding carboxylic acids is 1. The van der Waals surface area contributed by atoms with Gasteiger partial charge in [0, 0.05) is 24.2 Å². The Hall–Kier alpha value is -4.31. The molecule has 0 radical (unpaired) electrons. The molecule has 3 aromatic carbocycles. The molecule has 0 saturated heterocycles. The normalized spacial score (nSPS) is 11.2. The Balaban J connectivity index is 1.73. The summed E-state index contributed by atoms with van der Waals surface area (Å²) in [4.78, 5) is 23.1. The van der Waals surface area contributed by atoms with Crippen molar-refractivity contribution < 1.29 is 9.72 Å². The first-order valence-electron chi connectivity index (χ1n) is 9.87. The first-order chi connectivity index (χ1) is 16.0. The molecule has 4 rings (SSSR count). The molecule has 10 heteroatoms. The Morgan fingerprint density at radius 2 is 1.61 bits per heavy atom. The monoisotopic (exact) mass is 458 g/mol. The lowest BCUT2D eigenvalue weighted by atomic mass is 10.2. The third-order valence-electron chi connectivity index (χ3n) is 4.55. The molecule has 0 aliphatic carbocycles. The van der Waals surface area contributed by atoms with Gasteiger partial charge in [-0.15, -0.1) is 10.2 Å². The Kier molecular flexibility index (Phi) is 6.56. The van der Waals surface area contributed by atoms with E-state index in [4.69, 9.17) is 0 Å². The SMILES string of the molecule is CC(=O)/C(=N\Nc1ccccc1[N+](=O)[O-])Sc1nnc(-c2ccccc2)n1-c1ccccc1. The highest BCUT2D eigenvalue weighted by atomic mass is 32.2. The lowest BCUT2D eigenvalue weighted by molar-refractivity contribution is -0.384. The molecular formula is C23H18N6O3S. The van der Waals surface area contributed by atoms with E-state index in [0.29, 0.717) is 11.0 Å². The van der Waals surface area contributed by atoms with Crippen LogP contribution >= 0.6 is 11.8 Å². The van der Waals surface area contributed by atoms with Crippen molar-refractivity contribution in [1.29, 1.82) is 0 Å². The molecule has 4 aromatic rings. The summed E-state index contributed by atoms with van der Waals surface area (Å²) in [6, 6.07) is 25.2. The minimum atomic E-state index is -0.517. The van der Waals surface area contributed by atoms with Crippen LogP contribution in [0.15, 0.2) is 95.2 Å². The molecule has 164 valence electrons. The van der Waals surface area contributed by atoms with Gasteiger partial charge in [0.15, 0.2) is 16.7 Å². The van der Waals surface area contributed by atoms with Crippen LogP contribution in [-0.4, -0.2) is 30.5 Å². The summed E-state index contributed by atoms with van der Waals surface area (Å²) in [5.41, 5.74) is 4.35. The zero-order chi connectivity index (χ0) is 23.2. The van der Waals surface area contributed by atoms with E-state index in [2.05, 4.69) is 20.7 Å². The summed E-state index contributed by atoms with van der Waals surface area (Å²) in [6.07, 6.45) is 0. The van der Waals surface area contributed by atoms with Crippen LogP contribution in [0.2, 0.25) is 0 Å². The van der Waals surface area contributed by atoms with E-state index in [1.54, 1.807) is 12.1 Å². The Bertz CT molecular complexity index is 1320. The summed E-state index contributed by atoms with van der Waals surface area (Å²) >= 11 is 1.02. The van der Waals surface area contributed by atoms with Crippen molar-refractivity contribution >= 4 is 34.0 Å². The number of benzene rings is 3. The Labute approximate surface area is 193 Å². The number of hydrogen-bond acceptors (Lipinski definition) is 8. The molecule has 0 aliphatic heterocycles.